The highest BCUT2D eigenvalue weighted by Crippen LogP contribution is 2.32. The van der Waals surface area contributed by atoms with Crippen LogP contribution in [-0.2, 0) is 0 Å². The first-order valence-corrected chi connectivity index (χ1v) is 6.33. The first-order valence-electron chi connectivity index (χ1n) is 5.51. The van der Waals surface area contributed by atoms with E-state index in [9.17, 15) is 5.11 Å². The van der Waals surface area contributed by atoms with Gasteiger partial charge in [0.15, 0.2) is 0 Å². The van der Waals surface area contributed by atoms with Crippen LogP contribution in [0.1, 0.15) is 0 Å². The molecule has 19 heavy (non-hydrogen) atoms. The number of fused-ring (bicyclic) bond motifs is 1. The molecule has 0 unspecified atom stereocenters. The summed E-state index contributed by atoms with van der Waals surface area (Å²) >= 11 is 1.52. The van der Waals surface area contributed by atoms with E-state index in [0.717, 1.165) is 20.8 Å². The van der Waals surface area contributed by atoms with Crippen LogP contribution in [0.15, 0.2) is 47.6 Å². The number of phenols is 1. The lowest BCUT2D eigenvalue weighted by atomic mass is 10.2. The lowest BCUT2D eigenvalue weighted by Gasteiger charge is -1.95. The largest absolute Gasteiger partial charge is 0.508 e. The summed E-state index contributed by atoms with van der Waals surface area (Å²) in [7, 11) is 0. The lowest BCUT2D eigenvalue weighted by molar-refractivity contribution is 0.475. The topological polar surface area (TPSA) is 81.9 Å². The molecule has 0 fully saturated rings. The monoisotopic (exact) mass is 268 g/mol. The Labute approximate surface area is 112 Å². The molecule has 3 aromatic rings. The molecule has 1 N–H and O–H groups in total. The van der Waals surface area contributed by atoms with Crippen molar-refractivity contribution in [1.82, 2.24) is 4.98 Å². The van der Waals surface area contributed by atoms with E-state index in [1.165, 1.54) is 11.3 Å². The van der Waals surface area contributed by atoms with Crippen molar-refractivity contribution < 1.29 is 5.11 Å². The summed E-state index contributed by atoms with van der Waals surface area (Å²) in [6.07, 6.45) is 0. The minimum atomic E-state index is 0.232. The Morgan fingerprint density at radius 1 is 1.16 bits per heavy atom. The second-order valence-corrected chi connectivity index (χ2v) is 4.94. The lowest BCUT2D eigenvalue weighted by Crippen LogP contribution is -1.74. The van der Waals surface area contributed by atoms with E-state index >= 15 is 0 Å². The van der Waals surface area contributed by atoms with Crippen LogP contribution < -0.4 is 0 Å². The second kappa shape index (κ2) is 4.61. The van der Waals surface area contributed by atoms with Crippen LogP contribution >= 0.6 is 11.3 Å². The van der Waals surface area contributed by atoms with E-state index in [2.05, 4.69) is 15.0 Å². The molecule has 2 aromatic carbocycles. The molecule has 6 heteroatoms. The van der Waals surface area contributed by atoms with E-state index in [-0.39, 0.29) is 5.75 Å². The molecular weight excluding hydrogens is 260 g/mol. The van der Waals surface area contributed by atoms with E-state index in [1.807, 2.05) is 24.3 Å². The van der Waals surface area contributed by atoms with Crippen LogP contribution in [-0.4, -0.2) is 10.1 Å². The van der Waals surface area contributed by atoms with Gasteiger partial charge in [-0.25, -0.2) is 4.98 Å². The maximum absolute atomic E-state index is 9.28. The van der Waals surface area contributed by atoms with Gasteiger partial charge in [-0.05, 0) is 41.9 Å². The van der Waals surface area contributed by atoms with Gasteiger partial charge in [-0.1, -0.05) is 11.2 Å². The molecular formula is C13H8N4OS. The molecule has 0 aliphatic heterocycles. The zero-order valence-electron chi connectivity index (χ0n) is 9.69. The molecule has 1 heterocycles. The number of thiazole rings is 1. The van der Waals surface area contributed by atoms with Gasteiger partial charge in [0, 0.05) is 16.2 Å². The fraction of sp³-hybridized carbons (Fsp3) is 0. The summed E-state index contributed by atoms with van der Waals surface area (Å²) < 4.78 is 0.966. The zero-order valence-corrected chi connectivity index (χ0v) is 10.5. The highest BCUT2D eigenvalue weighted by Gasteiger charge is 2.06. The summed E-state index contributed by atoms with van der Waals surface area (Å²) in [5.41, 5.74) is 10.8. The molecule has 0 atom stereocenters. The molecule has 0 radical (unpaired) electrons. The fourth-order valence-electron chi connectivity index (χ4n) is 1.75. The molecule has 0 aliphatic carbocycles. The third-order valence-corrected chi connectivity index (χ3v) is 3.71. The Kier molecular flexibility index (Phi) is 2.79. The van der Waals surface area contributed by atoms with Crippen molar-refractivity contribution in [2.45, 2.75) is 0 Å². The summed E-state index contributed by atoms with van der Waals surface area (Å²) in [5.74, 6) is 0.232. The molecule has 1 aromatic heterocycles. The molecule has 92 valence electrons. The van der Waals surface area contributed by atoms with Crippen LogP contribution in [0.5, 0.6) is 5.75 Å². The van der Waals surface area contributed by atoms with Gasteiger partial charge >= 0.3 is 0 Å². The van der Waals surface area contributed by atoms with Gasteiger partial charge in [-0.2, -0.15) is 0 Å². The highest BCUT2D eigenvalue weighted by atomic mass is 32.1. The molecule has 0 spiro atoms. The Balaban J connectivity index is 2.10. The first kappa shape index (κ1) is 11.5. The maximum Gasteiger partial charge on any atom is 0.124 e. The van der Waals surface area contributed by atoms with Crippen molar-refractivity contribution in [2.24, 2.45) is 5.11 Å². The van der Waals surface area contributed by atoms with E-state index in [1.54, 1.807) is 18.2 Å². The van der Waals surface area contributed by atoms with Crippen LogP contribution in [0.4, 0.5) is 5.69 Å². The molecule has 5 nitrogen and oxygen atoms in total. The molecule has 0 aliphatic rings. The van der Waals surface area contributed by atoms with Crippen molar-refractivity contribution in [1.29, 1.82) is 0 Å². The number of nitrogens with zero attached hydrogens (tertiary/aromatic N) is 4. The van der Waals surface area contributed by atoms with Gasteiger partial charge in [0.1, 0.15) is 10.8 Å². The third-order valence-electron chi connectivity index (χ3n) is 2.65. The predicted octanol–water partition coefficient (Wildman–Crippen LogP) is 4.61. The van der Waals surface area contributed by atoms with Crippen molar-refractivity contribution in [3.05, 3.63) is 52.9 Å². The van der Waals surface area contributed by atoms with E-state index in [0.29, 0.717) is 5.69 Å². The average molecular weight is 268 g/mol. The number of hydrogen-bond donors (Lipinski definition) is 1. The molecule has 0 saturated heterocycles. The zero-order chi connectivity index (χ0) is 13.2. The smallest absolute Gasteiger partial charge is 0.124 e. The second-order valence-electron chi connectivity index (χ2n) is 3.91. The van der Waals surface area contributed by atoms with Crippen molar-refractivity contribution in [2.75, 3.05) is 0 Å². The van der Waals surface area contributed by atoms with Crippen LogP contribution in [0, 0.1) is 0 Å². The Bertz CT molecular complexity index is 788. The highest BCUT2D eigenvalue weighted by molar-refractivity contribution is 7.21. The van der Waals surface area contributed by atoms with Gasteiger partial charge < -0.3 is 5.11 Å². The normalized spacial score (nSPS) is 10.3. The number of aromatic nitrogens is 1. The number of hydrogen-bond acceptors (Lipinski definition) is 4. The Morgan fingerprint density at radius 2 is 1.95 bits per heavy atom. The molecule has 0 amide bonds. The van der Waals surface area contributed by atoms with Crippen molar-refractivity contribution in [3.63, 3.8) is 0 Å². The third kappa shape index (κ3) is 2.22. The van der Waals surface area contributed by atoms with Crippen LogP contribution in [0.25, 0.3) is 31.2 Å². The number of phenolic OH excluding ortho intramolecular Hbond substituents is 1. The SMILES string of the molecule is [N-]=[N+]=Nc1ccc2nc(-c3ccc(O)cc3)sc2c1. The summed E-state index contributed by atoms with van der Waals surface area (Å²) in [4.78, 5) is 7.28. The number of rotatable bonds is 2. The van der Waals surface area contributed by atoms with Gasteiger partial charge in [0.2, 0.25) is 0 Å². The Hall–Kier alpha value is -2.56. The maximum atomic E-state index is 9.28. The quantitative estimate of drug-likeness (QED) is 0.418. The molecule has 3 rings (SSSR count). The van der Waals surface area contributed by atoms with Gasteiger partial charge in [0.25, 0.3) is 0 Å². The van der Waals surface area contributed by atoms with Gasteiger partial charge in [0.05, 0.1) is 10.2 Å². The van der Waals surface area contributed by atoms with E-state index in [4.69, 9.17) is 5.53 Å². The minimum absolute atomic E-state index is 0.232. The number of azide groups is 1. The van der Waals surface area contributed by atoms with Crippen LogP contribution in [0.2, 0.25) is 0 Å². The minimum Gasteiger partial charge on any atom is -0.508 e. The van der Waals surface area contributed by atoms with Crippen molar-refractivity contribution in [3.8, 4) is 16.3 Å². The van der Waals surface area contributed by atoms with Crippen LogP contribution in [0.3, 0.4) is 0 Å². The number of aromatic hydroxyl groups is 1. The average Bonchev–Trinajstić information content (AvgIpc) is 2.83. The summed E-state index contributed by atoms with van der Waals surface area (Å²) in [6.45, 7) is 0. The summed E-state index contributed by atoms with van der Waals surface area (Å²) in [5, 5.41) is 13.7. The molecule has 0 saturated carbocycles. The van der Waals surface area contributed by atoms with Crippen molar-refractivity contribution >= 4 is 27.2 Å². The Morgan fingerprint density at radius 3 is 2.68 bits per heavy atom. The summed E-state index contributed by atoms with van der Waals surface area (Å²) in [6, 6.07) is 12.3. The number of benzene rings is 2. The molecule has 0 bridgehead atoms. The fourth-order valence-corrected chi connectivity index (χ4v) is 2.76. The van der Waals surface area contributed by atoms with Gasteiger partial charge in [-0.3, -0.25) is 0 Å². The first-order chi connectivity index (χ1) is 9.26. The van der Waals surface area contributed by atoms with E-state index < -0.39 is 0 Å². The predicted molar refractivity (Wildman–Crippen MR) is 75.5 cm³/mol. The van der Waals surface area contributed by atoms with Gasteiger partial charge in [-0.15, -0.1) is 11.3 Å². The standard InChI is InChI=1S/C13H8N4OS/c14-17-16-9-3-6-11-12(7-9)19-13(15-11)8-1-4-10(18)5-2-8/h1-7,18H.